The number of aliphatic hydroxyl groups excluding tert-OH is 1. The predicted molar refractivity (Wildman–Crippen MR) is 96.6 cm³/mol. The third kappa shape index (κ3) is 2.47. The third-order valence-corrected chi connectivity index (χ3v) is 5.84. The van der Waals surface area contributed by atoms with E-state index in [9.17, 15) is 14.7 Å². The van der Waals surface area contributed by atoms with E-state index in [4.69, 9.17) is 4.42 Å². The van der Waals surface area contributed by atoms with Crippen molar-refractivity contribution >= 4 is 39.5 Å². The number of aliphatic hydroxyl groups is 1. The lowest BCUT2D eigenvalue weighted by Gasteiger charge is -2.22. The second kappa shape index (κ2) is 6.19. The summed E-state index contributed by atoms with van der Waals surface area (Å²) in [6.45, 7) is 3.53. The first-order valence-corrected chi connectivity index (χ1v) is 9.37. The van der Waals surface area contributed by atoms with Crippen molar-refractivity contribution in [1.82, 2.24) is 9.97 Å². The molecule has 7 nitrogen and oxygen atoms in total. The fourth-order valence-electron chi connectivity index (χ4n) is 2.95. The molecule has 4 rings (SSSR count). The molecule has 3 aromatic heterocycles. The molecule has 0 aromatic carbocycles. The van der Waals surface area contributed by atoms with Crippen LogP contribution in [0, 0.1) is 13.8 Å². The zero-order valence-corrected chi connectivity index (χ0v) is 15.4. The van der Waals surface area contributed by atoms with E-state index >= 15 is 0 Å². The van der Waals surface area contributed by atoms with Crippen LogP contribution in [-0.4, -0.2) is 26.8 Å². The number of aromatic nitrogens is 2. The van der Waals surface area contributed by atoms with Gasteiger partial charge in [-0.05, 0) is 26.0 Å². The van der Waals surface area contributed by atoms with Crippen molar-refractivity contribution < 1.29 is 19.1 Å². The van der Waals surface area contributed by atoms with Crippen LogP contribution in [0.3, 0.4) is 0 Å². The summed E-state index contributed by atoms with van der Waals surface area (Å²) in [4.78, 5) is 36.0. The molecule has 3 aromatic rings. The average Bonchev–Trinajstić information content (AvgIpc) is 3.36. The summed E-state index contributed by atoms with van der Waals surface area (Å²) < 4.78 is 5.47. The number of ketones is 1. The van der Waals surface area contributed by atoms with Crippen LogP contribution in [0.15, 0.2) is 45.7 Å². The van der Waals surface area contributed by atoms with E-state index in [1.54, 1.807) is 37.6 Å². The first-order chi connectivity index (χ1) is 12.5. The Morgan fingerprint density at radius 1 is 1.38 bits per heavy atom. The lowest BCUT2D eigenvalue weighted by molar-refractivity contribution is -0.117. The standard InChI is InChI=1S/C17H13N3O4S2/c1-8-15(26-9(2)19-8)13(21)11-12(10-4-3-6-24-10)20(16(23)14(11)22)17-18-5-7-25-17/h3-7,12,22H,1-2H3. The first kappa shape index (κ1) is 16.7. The summed E-state index contributed by atoms with van der Waals surface area (Å²) >= 11 is 2.47. The van der Waals surface area contributed by atoms with Crippen LogP contribution >= 0.6 is 22.7 Å². The van der Waals surface area contributed by atoms with Crippen LogP contribution in [0.2, 0.25) is 0 Å². The molecular formula is C17H13N3O4S2. The van der Waals surface area contributed by atoms with Gasteiger partial charge in [0.05, 0.1) is 27.4 Å². The van der Waals surface area contributed by atoms with E-state index < -0.39 is 23.5 Å². The largest absolute Gasteiger partial charge is 0.503 e. The Kier molecular flexibility index (Phi) is 3.97. The van der Waals surface area contributed by atoms with Crippen LogP contribution in [0.4, 0.5) is 5.13 Å². The zero-order chi connectivity index (χ0) is 18.4. The number of rotatable bonds is 4. The lowest BCUT2D eigenvalue weighted by atomic mass is 10.00. The summed E-state index contributed by atoms with van der Waals surface area (Å²) in [6.07, 6.45) is 3.01. The quantitative estimate of drug-likeness (QED) is 0.687. The van der Waals surface area contributed by atoms with Gasteiger partial charge in [0.25, 0.3) is 5.91 Å². The molecule has 0 spiro atoms. The molecule has 1 atom stereocenters. The Hall–Kier alpha value is -2.78. The number of thiazole rings is 2. The van der Waals surface area contributed by atoms with E-state index in [-0.39, 0.29) is 5.57 Å². The Bertz CT molecular complexity index is 1020. The zero-order valence-electron chi connectivity index (χ0n) is 13.8. The fourth-order valence-corrected chi connectivity index (χ4v) is 4.49. The minimum atomic E-state index is -0.877. The van der Waals surface area contributed by atoms with Crippen molar-refractivity contribution in [3.8, 4) is 0 Å². The van der Waals surface area contributed by atoms with Gasteiger partial charge >= 0.3 is 0 Å². The highest BCUT2D eigenvalue weighted by Gasteiger charge is 2.47. The van der Waals surface area contributed by atoms with Gasteiger partial charge in [-0.3, -0.25) is 14.5 Å². The van der Waals surface area contributed by atoms with E-state index in [1.807, 2.05) is 0 Å². The molecule has 1 unspecified atom stereocenters. The summed E-state index contributed by atoms with van der Waals surface area (Å²) in [6, 6.07) is 2.45. The molecule has 1 aliphatic heterocycles. The van der Waals surface area contributed by atoms with Crippen molar-refractivity contribution in [3.63, 3.8) is 0 Å². The van der Waals surface area contributed by atoms with Crippen LogP contribution in [0.1, 0.15) is 32.2 Å². The maximum absolute atomic E-state index is 13.2. The first-order valence-electron chi connectivity index (χ1n) is 7.67. The van der Waals surface area contributed by atoms with Gasteiger partial charge in [0.2, 0.25) is 5.78 Å². The minimum Gasteiger partial charge on any atom is -0.503 e. The third-order valence-electron chi connectivity index (χ3n) is 4.00. The minimum absolute atomic E-state index is 0.0214. The molecule has 1 aliphatic rings. The van der Waals surface area contributed by atoms with Crippen molar-refractivity contribution in [2.75, 3.05) is 4.90 Å². The fraction of sp³-hybridized carbons (Fsp3) is 0.176. The van der Waals surface area contributed by atoms with E-state index in [1.165, 1.54) is 33.8 Å². The summed E-state index contributed by atoms with van der Waals surface area (Å²) in [5.74, 6) is -1.32. The van der Waals surface area contributed by atoms with Crippen LogP contribution in [-0.2, 0) is 4.79 Å². The van der Waals surface area contributed by atoms with Crippen LogP contribution in [0.5, 0.6) is 0 Å². The van der Waals surface area contributed by atoms with Crippen LogP contribution < -0.4 is 4.90 Å². The molecule has 132 valence electrons. The van der Waals surface area contributed by atoms with E-state index in [0.717, 1.165) is 5.01 Å². The molecule has 1 N–H and O–H groups in total. The number of carbonyl (C=O) groups excluding carboxylic acids is 2. The number of anilines is 1. The molecule has 4 heterocycles. The molecular weight excluding hydrogens is 374 g/mol. The highest BCUT2D eigenvalue weighted by Crippen LogP contribution is 2.43. The average molecular weight is 387 g/mol. The molecule has 0 saturated heterocycles. The smallest absolute Gasteiger partial charge is 0.296 e. The second-order valence-corrected chi connectivity index (χ2v) is 7.72. The lowest BCUT2D eigenvalue weighted by Crippen LogP contribution is -2.30. The van der Waals surface area contributed by atoms with Gasteiger partial charge in [0, 0.05) is 11.6 Å². The van der Waals surface area contributed by atoms with Crippen molar-refractivity contribution in [2.24, 2.45) is 0 Å². The van der Waals surface area contributed by atoms with Gasteiger partial charge in [0.1, 0.15) is 11.8 Å². The summed E-state index contributed by atoms with van der Waals surface area (Å²) in [5, 5.41) is 13.3. The topological polar surface area (TPSA) is 96.5 Å². The van der Waals surface area contributed by atoms with Crippen LogP contribution in [0.25, 0.3) is 0 Å². The SMILES string of the molecule is Cc1nc(C)c(C(=O)C2=C(O)C(=O)N(c3nccs3)C2c2ccco2)s1. The van der Waals surface area contributed by atoms with Gasteiger partial charge in [0.15, 0.2) is 10.9 Å². The Morgan fingerprint density at radius 3 is 2.77 bits per heavy atom. The molecule has 9 heteroatoms. The number of hydrogen-bond donors (Lipinski definition) is 1. The maximum atomic E-state index is 13.2. The molecule has 0 saturated carbocycles. The van der Waals surface area contributed by atoms with Gasteiger partial charge in [-0.15, -0.1) is 22.7 Å². The van der Waals surface area contributed by atoms with Crippen molar-refractivity contribution in [1.29, 1.82) is 0 Å². The number of furan rings is 1. The molecule has 26 heavy (non-hydrogen) atoms. The van der Waals surface area contributed by atoms with E-state index in [0.29, 0.717) is 21.5 Å². The number of amides is 1. The number of aryl methyl sites for hydroxylation is 2. The molecule has 0 radical (unpaired) electrons. The Balaban J connectivity index is 1.87. The highest BCUT2D eigenvalue weighted by molar-refractivity contribution is 7.14. The highest BCUT2D eigenvalue weighted by atomic mass is 32.1. The van der Waals surface area contributed by atoms with Crippen molar-refractivity contribution in [3.05, 3.63) is 62.6 Å². The van der Waals surface area contributed by atoms with E-state index in [2.05, 4.69) is 9.97 Å². The molecule has 0 fully saturated rings. The molecule has 1 amide bonds. The number of nitrogens with zero attached hydrogens (tertiary/aromatic N) is 3. The number of Topliss-reactive ketones (excluding diaryl/α,β-unsaturated/α-hetero) is 1. The summed E-state index contributed by atoms with van der Waals surface area (Å²) in [5.41, 5.74) is 0.544. The Labute approximate surface area is 156 Å². The number of carbonyl (C=O) groups is 2. The second-order valence-electron chi connectivity index (χ2n) is 5.65. The Morgan fingerprint density at radius 2 is 2.19 bits per heavy atom. The van der Waals surface area contributed by atoms with Gasteiger partial charge in [-0.25, -0.2) is 9.97 Å². The molecule has 0 bridgehead atoms. The molecule has 0 aliphatic carbocycles. The maximum Gasteiger partial charge on any atom is 0.296 e. The van der Waals surface area contributed by atoms with Gasteiger partial charge in [-0.2, -0.15) is 0 Å². The normalized spacial score (nSPS) is 17.4. The van der Waals surface area contributed by atoms with Gasteiger partial charge < -0.3 is 9.52 Å². The predicted octanol–water partition coefficient (Wildman–Crippen LogP) is 3.59. The monoisotopic (exact) mass is 387 g/mol. The summed E-state index contributed by atoms with van der Waals surface area (Å²) in [7, 11) is 0. The number of hydrogen-bond acceptors (Lipinski definition) is 8. The van der Waals surface area contributed by atoms with Gasteiger partial charge in [-0.1, -0.05) is 0 Å². The van der Waals surface area contributed by atoms with Crippen molar-refractivity contribution in [2.45, 2.75) is 19.9 Å².